The van der Waals surface area contributed by atoms with E-state index in [0.29, 0.717) is 111 Å². The van der Waals surface area contributed by atoms with Gasteiger partial charge in [-0.1, -0.05) is 113 Å². The first-order valence-corrected chi connectivity index (χ1v) is 26.0. The second kappa shape index (κ2) is 23.4. The molecule has 8 N–H and O–H groups in total. The van der Waals surface area contributed by atoms with Crippen LogP contribution in [0, 0.1) is 0 Å². The van der Waals surface area contributed by atoms with Gasteiger partial charge < -0.3 is 35.8 Å². The Morgan fingerprint density at radius 3 is 1.45 bits per heavy atom. The number of aromatic amines is 3. The molecule has 0 radical (unpaired) electrons. The van der Waals surface area contributed by atoms with E-state index in [1.165, 1.54) is 6.20 Å². The SMILES string of the molecule is Clc1cccc(-c2[nH]nc3nc(Cl)cnc23)c1.NCC1(O)CCN(c2cnc3c(-c4cccc(Cl)c4)[nH]nc3n2)CC1.O=C(NCC1(O)CCN(c2cnc3c(-c4cccc(Cl)c4)[nH]nc3n2)CC1)OCc1ccccc1. The molecule has 2 saturated heterocycles. The molecule has 0 bridgehead atoms. The number of rotatable bonds is 10. The number of aliphatic hydroxyl groups is 2. The van der Waals surface area contributed by atoms with Crippen molar-refractivity contribution in [3.63, 3.8) is 0 Å². The number of nitrogens with two attached hydrogens (primary N) is 1. The highest BCUT2D eigenvalue weighted by Gasteiger charge is 2.34. The van der Waals surface area contributed by atoms with Gasteiger partial charge in [0, 0.05) is 71.0 Å². The van der Waals surface area contributed by atoms with Crippen LogP contribution in [0.1, 0.15) is 31.2 Å². The summed E-state index contributed by atoms with van der Waals surface area (Å²) in [5, 5.41) is 47.7. The van der Waals surface area contributed by atoms with Crippen LogP contribution in [0.3, 0.4) is 0 Å². The lowest BCUT2D eigenvalue weighted by atomic mass is 9.91. The minimum atomic E-state index is -1.01. The number of nitrogens with one attached hydrogen (secondary N) is 4. The van der Waals surface area contributed by atoms with Crippen molar-refractivity contribution in [1.82, 2.24) is 65.8 Å². The molecule has 77 heavy (non-hydrogen) atoms. The van der Waals surface area contributed by atoms with E-state index in [1.807, 2.05) is 103 Å². The fraction of sp³-hybridized carbons (Fsp3) is 0.245. The molecule has 2 fully saturated rings. The maximum absolute atomic E-state index is 12.0. The molecule has 10 aromatic rings. The zero-order chi connectivity index (χ0) is 53.5. The monoisotopic (exact) mass is 1110 g/mol. The average Bonchev–Trinajstić information content (AvgIpc) is 4.20. The van der Waals surface area contributed by atoms with Crippen LogP contribution in [-0.4, -0.2) is 127 Å². The second-order valence-corrected chi connectivity index (χ2v) is 20.2. The molecule has 0 atom stereocenters. The Balaban J connectivity index is 0.000000139. The number of amides is 1. The molecule has 0 aliphatic carbocycles. The highest BCUT2D eigenvalue weighted by Crippen LogP contribution is 2.32. The second-order valence-electron chi connectivity index (χ2n) is 18.5. The third-order valence-electron chi connectivity index (χ3n) is 13.3. The lowest BCUT2D eigenvalue weighted by molar-refractivity contribution is 0.0154. The van der Waals surface area contributed by atoms with Crippen molar-refractivity contribution in [3.8, 4) is 33.8 Å². The van der Waals surface area contributed by atoms with Crippen molar-refractivity contribution in [2.75, 3.05) is 49.1 Å². The van der Waals surface area contributed by atoms with E-state index in [-0.39, 0.29) is 19.7 Å². The number of carbonyl (C=O) groups excluding carboxylic acids is 1. The first-order valence-electron chi connectivity index (χ1n) is 24.5. The fourth-order valence-electron chi connectivity index (χ4n) is 8.88. The molecule has 4 aromatic carbocycles. The summed E-state index contributed by atoms with van der Waals surface area (Å²) in [7, 11) is 0. The third kappa shape index (κ3) is 12.7. The van der Waals surface area contributed by atoms with Gasteiger partial charge in [0.05, 0.1) is 46.9 Å². The average molecular weight is 1120 g/mol. The van der Waals surface area contributed by atoms with E-state index in [4.69, 9.17) is 56.9 Å². The Labute approximate surface area is 460 Å². The molecule has 24 heteroatoms. The van der Waals surface area contributed by atoms with E-state index in [2.05, 4.69) is 75.6 Å². The summed E-state index contributed by atoms with van der Waals surface area (Å²) in [5.74, 6) is 1.45. The van der Waals surface area contributed by atoms with Gasteiger partial charge in [-0.05, 0) is 67.6 Å². The van der Waals surface area contributed by atoms with Gasteiger partial charge in [0.1, 0.15) is 39.9 Å². The summed E-state index contributed by atoms with van der Waals surface area (Å²) in [5.41, 5.74) is 13.5. The van der Waals surface area contributed by atoms with E-state index in [0.717, 1.165) is 45.2 Å². The Hall–Kier alpha value is -7.56. The van der Waals surface area contributed by atoms with E-state index in [1.54, 1.807) is 12.4 Å². The quantitative estimate of drug-likeness (QED) is 0.0672. The molecule has 0 spiro atoms. The fourth-order valence-corrected chi connectivity index (χ4v) is 9.58. The smallest absolute Gasteiger partial charge is 0.407 e. The molecule has 2 aliphatic heterocycles. The molecule has 0 saturated carbocycles. The maximum atomic E-state index is 12.0. The van der Waals surface area contributed by atoms with Crippen LogP contribution >= 0.6 is 46.4 Å². The zero-order valence-electron chi connectivity index (χ0n) is 41.0. The van der Waals surface area contributed by atoms with Crippen LogP contribution in [0.5, 0.6) is 0 Å². The van der Waals surface area contributed by atoms with Gasteiger partial charge >= 0.3 is 6.09 Å². The Kier molecular flexibility index (Phi) is 16.0. The normalized spacial score (nSPS) is 14.9. The molecular weight excluding hydrogens is 1070 g/mol. The first kappa shape index (κ1) is 52.9. The van der Waals surface area contributed by atoms with Crippen LogP contribution in [0.15, 0.2) is 122 Å². The molecule has 2 aliphatic rings. The molecule has 20 nitrogen and oxygen atoms in total. The number of benzene rings is 4. The van der Waals surface area contributed by atoms with Crippen LogP contribution in [-0.2, 0) is 11.3 Å². The summed E-state index contributed by atoms with van der Waals surface area (Å²) in [6.45, 7) is 3.13. The van der Waals surface area contributed by atoms with Crippen LogP contribution in [0.4, 0.5) is 16.4 Å². The minimum Gasteiger partial charge on any atom is -0.445 e. The van der Waals surface area contributed by atoms with Crippen LogP contribution in [0.2, 0.25) is 20.2 Å². The number of carbonyl (C=O) groups is 1. The summed E-state index contributed by atoms with van der Waals surface area (Å²) >= 11 is 23.9. The Morgan fingerprint density at radius 1 is 0.584 bits per heavy atom. The number of fused-ring (bicyclic) bond motifs is 3. The van der Waals surface area contributed by atoms with Crippen molar-refractivity contribution >= 4 is 97.6 Å². The van der Waals surface area contributed by atoms with Gasteiger partial charge in [0.2, 0.25) is 16.9 Å². The minimum absolute atomic E-state index is 0.127. The number of hydrogen-bond donors (Lipinski definition) is 7. The summed E-state index contributed by atoms with van der Waals surface area (Å²) in [6.07, 6.45) is 6.60. The van der Waals surface area contributed by atoms with Gasteiger partial charge in [-0.15, -0.1) is 0 Å². The topological polar surface area (TPSA) is 275 Å². The van der Waals surface area contributed by atoms with Gasteiger partial charge in [0.15, 0.2) is 0 Å². The zero-order valence-corrected chi connectivity index (χ0v) is 44.1. The number of anilines is 2. The van der Waals surface area contributed by atoms with E-state index in [9.17, 15) is 15.0 Å². The van der Waals surface area contributed by atoms with E-state index < -0.39 is 17.3 Å². The number of ether oxygens (including phenoxy) is 1. The molecule has 12 rings (SSSR count). The molecule has 394 valence electrons. The third-order valence-corrected chi connectivity index (χ3v) is 14.2. The standard InChI is InChI=1S/C25H25ClN6O3.C17H19ClN6O.C11H6Cl2N4/c26-19-8-4-7-18(13-19)21-22-23(31-30-21)29-20(14-27-22)32-11-9-25(34,10-12-32)16-28-24(33)35-15-17-5-2-1-3-6-17;18-12-3-1-2-11(8-12)14-15-16(23-22-14)21-13(9-20-15)24-6-4-17(25,10-19)5-7-24;12-7-3-1-2-6(4-7)9-10-11(17-16-9)15-8(13)5-14-10/h1-8,13-14,34H,9-12,15-16H2,(H,28,33)(H,29,30,31);1-3,8-9,25H,4-7,10,19H2,(H,21,22,23);1-5H,(H,15,16,17). The molecular formula is C53H50Cl4N16O4. The van der Waals surface area contributed by atoms with Crippen molar-refractivity contribution in [3.05, 3.63) is 148 Å². The van der Waals surface area contributed by atoms with Crippen LogP contribution < -0.4 is 20.9 Å². The number of hydrogen-bond acceptors (Lipinski definition) is 16. The molecule has 6 aromatic heterocycles. The van der Waals surface area contributed by atoms with Crippen LogP contribution in [0.25, 0.3) is 67.3 Å². The number of alkyl carbamates (subject to hydrolysis) is 1. The Bertz CT molecular complexity index is 3660. The first-order chi connectivity index (χ1) is 37.3. The van der Waals surface area contributed by atoms with Crippen molar-refractivity contribution in [2.24, 2.45) is 5.73 Å². The molecule has 8 heterocycles. The summed E-state index contributed by atoms with van der Waals surface area (Å²) in [6, 6.07) is 31.9. The number of halogens is 4. The van der Waals surface area contributed by atoms with Crippen molar-refractivity contribution in [1.29, 1.82) is 0 Å². The van der Waals surface area contributed by atoms with Crippen molar-refractivity contribution in [2.45, 2.75) is 43.5 Å². The molecule has 0 unspecified atom stereocenters. The van der Waals surface area contributed by atoms with Gasteiger partial charge in [-0.25, -0.2) is 34.7 Å². The summed E-state index contributed by atoms with van der Waals surface area (Å²) < 4.78 is 5.23. The predicted octanol–water partition coefficient (Wildman–Crippen LogP) is 9.22. The number of H-pyrrole nitrogens is 3. The van der Waals surface area contributed by atoms with Gasteiger partial charge in [0.25, 0.3) is 0 Å². The lowest BCUT2D eigenvalue weighted by Crippen LogP contribution is -2.51. The number of nitrogens with zero attached hydrogens (tertiary/aromatic N) is 11. The van der Waals surface area contributed by atoms with Crippen molar-refractivity contribution < 1.29 is 19.7 Å². The maximum Gasteiger partial charge on any atom is 0.407 e. The Morgan fingerprint density at radius 2 is 1.01 bits per heavy atom. The number of piperidine rings is 2. The predicted molar refractivity (Wildman–Crippen MR) is 298 cm³/mol. The lowest BCUT2D eigenvalue weighted by Gasteiger charge is -2.38. The van der Waals surface area contributed by atoms with Gasteiger partial charge in [-0.2, -0.15) is 15.3 Å². The van der Waals surface area contributed by atoms with E-state index >= 15 is 0 Å². The molecule has 1 amide bonds. The number of aromatic nitrogens is 12. The largest absolute Gasteiger partial charge is 0.445 e. The summed E-state index contributed by atoms with van der Waals surface area (Å²) in [4.78, 5) is 42.9. The highest BCUT2D eigenvalue weighted by molar-refractivity contribution is 6.31. The highest BCUT2D eigenvalue weighted by atomic mass is 35.5. The van der Waals surface area contributed by atoms with Gasteiger partial charge in [-0.3, -0.25) is 15.3 Å².